The molecule has 2 aliphatic heterocycles. The first-order chi connectivity index (χ1) is 14.9. The summed E-state index contributed by atoms with van der Waals surface area (Å²) in [5, 5.41) is 8.46. The van der Waals surface area contributed by atoms with Gasteiger partial charge in [0.15, 0.2) is 0 Å². The normalized spacial score (nSPS) is 25.6. The topological polar surface area (TPSA) is 73.5 Å². The number of carbonyl (C=O) groups excluding carboxylic acids is 2. The van der Waals surface area contributed by atoms with E-state index < -0.39 is 58.4 Å². The quantitative estimate of drug-likeness (QED) is 0.431. The summed E-state index contributed by atoms with van der Waals surface area (Å²) in [6.45, 7) is 4.12. The number of amides is 2. The lowest BCUT2D eigenvalue weighted by Gasteiger charge is -2.37. The predicted molar refractivity (Wildman–Crippen MR) is 109 cm³/mol. The Morgan fingerprint density at radius 2 is 2.03 bits per heavy atom. The molecule has 0 radical (unpaired) electrons. The third kappa shape index (κ3) is 6.32. The molecular formula is C20H25F5N4O2S. The summed E-state index contributed by atoms with van der Waals surface area (Å²) in [7, 11) is 0. The van der Waals surface area contributed by atoms with Gasteiger partial charge in [-0.05, 0) is 41.8 Å². The molecule has 3 N–H and O–H groups in total. The first kappa shape index (κ1) is 24.7. The zero-order valence-corrected chi connectivity index (χ0v) is 18.3. The van der Waals surface area contributed by atoms with E-state index in [2.05, 4.69) is 16.0 Å². The Labute approximate surface area is 186 Å². The van der Waals surface area contributed by atoms with Crippen LogP contribution in [0, 0.1) is 11.7 Å². The molecule has 0 bridgehead atoms. The fourth-order valence-corrected chi connectivity index (χ4v) is 4.38. The summed E-state index contributed by atoms with van der Waals surface area (Å²) in [5.41, 5.74) is -4.30. The highest BCUT2D eigenvalue weighted by molar-refractivity contribution is 8.00. The number of rotatable bonds is 6. The summed E-state index contributed by atoms with van der Waals surface area (Å²) >= 11 is -0.543. The second kappa shape index (κ2) is 9.92. The van der Waals surface area contributed by atoms with E-state index in [1.165, 1.54) is 6.07 Å². The molecule has 2 fully saturated rings. The van der Waals surface area contributed by atoms with Gasteiger partial charge >= 0.3 is 5.51 Å². The van der Waals surface area contributed by atoms with Crippen LogP contribution in [-0.4, -0.2) is 53.8 Å². The van der Waals surface area contributed by atoms with E-state index in [0.29, 0.717) is 18.5 Å². The SMILES string of the molecule is CC(C)[C@@H](NC(=O)C1CC(=O)NC(N2CC[C@H](F)C2)N1)c1ccc(SC(F)(F)F)c(F)c1. The lowest BCUT2D eigenvalue weighted by molar-refractivity contribution is -0.134. The summed E-state index contributed by atoms with van der Waals surface area (Å²) in [4.78, 5) is 26.2. The number of alkyl halides is 4. The van der Waals surface area contributed by atoms with Crippen molar-refractivity contribution in [3.63, 3.8) is 0 Å². The van der Waals surface area contributed by atoms with Gasteiger partial charge in [-0.1, -0.05) is 19.9 Å². The Kier molecular flexibility index (Phi) is 7.66. The molecule has 12 heteroatoms. The standard InChI is InChI=1S/C20H25F5N4O2S/c1-10(2)17(11-3-4-15(13(22)7-11)32-20(23,24)25)28-18(31)14-8-16(30)27-19(26-14)29-6-5-12(21)9-29/h3-4,7,10,12,14,17,19,26H,5-6,8-9H2,1-2H3,(H,27,30)(H,28,31)/t12-,14?,17+,19?/m0/s1. The number of hydrogen-bond acceptors (Lipinski definition) is 5. The van der Waals surface area contributed by atoms with Crippen molar-refractivity contribution in [1.82, 2.24) is 20.9 Å². The van der Waals surface area contributed by atoms with Crippen molar-refractivity contribution in [1.29, 1.82) is 0 Å². The summed E-state index contributed by atoms with van der Waals surface area (Å²) in [6, 6.07) is 1.78. The maximum absolute atomic E-state index is 14.3. The van der Waals surface area contributed by atoms with Crippen molar-refractivity contribution < 1.29 is 31.5 Å². The number of benzene rings is 1. The van der Waals surface area contributed by atoms with Crippen LogP contribution < -0.4 is 16.0 Å². The Hall–Kier alpha value is -1.92. The number of nitrogens with one attached hydrogen (secondary N) is 3. The number of hydrogen-bond donors (Lipinski definition) is 3. The van der Waals surface area contributed by atoms with E-state index in [4.69, 9.17) is 0 Å². The van der Waals surface area contributed by atoms with Crippen LogP contribution in [0.5, 0.6) is 0 Å². The van der Waals surface area contributed by atoms with Gasteiger partial charge < -0.3 is 10.6 Å². The van der Waals surface area contributed by atoms with Crippen LogP contribution in [0.3, 0.4) is 0 Å². The third-order valence-corrected chi connectivity index (χ3v) is 6.18. The highest BCUT2D eigenvalue weighted by Crippen LogP contribution is 2.39. The number of halogens is 5. The van der Waals surface area contributed by atoms with Crippen LogP contribution in [0.4, 0.5) is 22.0 Å². The minimum Gasteiger partial charge on any atom is -0.348 e. The van der Waals surface area contributed by atoms with Gasteiger partial charge in [-0.15, -0.1) is 0 Å². The van der Waals surface area contributed by atoms with Crippen molar-refractivity contribution >= 4 is 23.6 Å². The van der Waals surface area contributed by atoms with E-state index in [1.807, 2.05) is 0 Å². The second-order valence-corrected chi connectivity index (χ2v) is 9.35. The van der Waals surface area contributed by atoms with Gasteiger partial charge in [0.05, 0.1) is 23.4 Å². The van der Waals surface area contributed by atoms with Crippen LogP contribution in [-0.2, 0) is 9.59 Å². The number of likely N-dealkylation sites (tertiary alicyclic amines) is 1. The van der Waals surface area contributed by atoms with E-state index in [-0.39, 0.29) is 24.8 Å². The van der Waals surface area contributed by atoms with Crippen molar-refractivity contribution in [2.45, 2.75) is 61.6 Å². The van der Waals surface area contributed by atoms with Gasteiger partial charge in [0, 0.05) is 13.1 Å². The zero-order valence-electron chi connectivity index (χ0n) is 17.5. The highest BCUT2D eigenvalue weighted by Gasteiger charge is 2.37. The monoisotopic (exact) mass is 480 g/mol. The molecular weight excluding hydrogens is 455 g/mol. The molecule has 4 atom stereocenters. The second-order valence-electron chi connectivity index (χ2n) is 8.24. The van der Waals surface area contributed by atoms with Gasteiger partial charge in [0.2, 0.25) is 11.8 Å². The number of thioether (sulfide) groups is 1. The van der Waals surface area contributed by atoms with Crippen LogP contribution >= 0.6 is 11.8 Å². The van der Waals surface area contributed by atoms with Crippen LogP contribution in [0.15, 0.2) is 23.1 Å². The lowest BCUT2D eigenvalue weighted by atomic mass is 9.95. The zero-order chi connectivity index (χ0) is 23.6. The largest absolute Gasteiger partial charge is 0.446 e. The fraction of sp³-hybridized carbons (Fsp3) is 0.600. The van der Waals surface area contributed by atoms with E-state index in [0.717, 1.165) is 12.1 Å². The summed E-state index contributed by atoms with van der Waals surface area (Å²) < 4.78 is 65.5. The molecule has 6 nitrogen and oxygen atoms in total. The smallest absolute Gasteiger partial charge is 0.348 e. The Balaban J connectivity index is 1.71. The molecule has 32 heavy (non-hydrogen) atoms. The molecule has 2 heterocycles. The van der Waals surface area contributed by atoms with Crippen molar-refractivity contribution in [2.24, 2.45) is 5.92 Å². The minimum atomic E-state index is -4.62. The van der Waals surface area contributed by atoms with Crippen LogP contribution in [0.1, 0.15) is 38.3 Å². The van der Waals surface area contributed by atoms with Crippen LogP contribution in [0.2, 0.25) is 0 Å². The Morgan fingerprint density at radius 1 is 1.31 bits per heavy atom. The Morgan fingerprint density at radius 3 is 2.59 bits per heavy atom. The van der Waals surface area contributed by atoms with E-state index in [9.17, 15) is 31.5 Å². The molecule has 2 amide bonds. The molecule has 2 aliphatic rings. The number of carbonyl (C=O) groups is 2. The number of nitrogens with zero attached hydrogens (tertiary/aromatic N) is 1. The highest BCUT2D eigenvalue weighted by atomic mass is 32.2. The molecule has 0 aromatic heterocycles. The molecule has 3 rings (SSSR count). The summed E-state index contributed by atoms with van der Waals surface area (Å²) in [5.74, 6) is -2.11. The molecule has 2 unspecified atom stereocenters. The molecule has 1 aromatic carbocycles. The maximum Gasteiger partial charge on any atom is 0.446 e. The van der Waals surface area contributed by atoms with Gasteiger partial charge in [-0.3, -0.25) is 19.8 Å². The molecule has 0 aliphatic carbocycles. The van der Waals surface area contributed by atoms with Gasteiger partial charge in [0.1, 0.15) is 18.3 Å². The van der Waals surface area contributed by atoms with Crippen molar-refractivity contribution in [3.8, 4) is 0 Å². The van der Waals surface area contributed by atoms with Crippen molar-refractivity contribution in [2.75, 3.05) is 13.1 Å². The first-order valence-corrected chi connectivity index (χ1v) is 11.0. The minimum absolute atomic E-state index is 0.129. The average Bonchev–Trinajstić information content (AvgIpc) is 3.12. The third-order valence-electron chi connectivity index (χ3n) is 5.40. The van der Waals surface area contributed by atoms with E-state index >= 15 is 0 Å². The molecule has 2 saturated heterocycles. The van der Waals surface area contributed by atoms with Gasteiger partial charge in [-0.2, -0.15) is 13.2 Å². The maximum atomic E-state index is 14.3. The van der Waals surface area contributed by atoms with Gasteiger partial charge in [-0.25, -0.2) is 8.78 Å². The molecule has 0 saturated carbocycles. The van der Waals surface area contributed by atoms with E-state index in [1.54, 1.807) is 18.7 Å². The van der Waals surface area contributed by atoms with Gasteiger partial charge in [0.25, 0.3) is 0 Å². The predicted octanol–water partition coefficient (Wildman–Crippen LogP) is 3.06. The molecule has 178 valence electrons. The molecule has 1 aromatic rings. The van der Waals surface area contributed by atoms with Crippen molar-refractivity contribution in [3.05, 3.63) is 29.6 Å². The fourth-order valence-electron chi connectivity index (χ4n) is 3.84. The lowest BCUT2D eigenvalue weighted by Crippen LogP contribution is -2.66. The Bertz CT molecular complexity index is 854. The van der Waals surface area contributed by atoms with Crippen LogP contribution in [0.25, 0.3) is 0 Å². The average molecular weight is 481 g/mol. The molecule has 0 spiro atoms. The summed E-state index contributed by atoms with van der Waals surface area (Å²) in [6.07, 6.45) is -1.47. The first-order valence-electron chi connectivity index (χ1n) is 10.2.